The minimum absolute atomic E-state index is 0.189. The van der Waals surface area contributed by atoms with Crippen molar-refractivity contribution < 1.29 is 14.3 Å². The molecule has 0 fully saturated rings. The molecular weight excluding hydrogens is 460 g/mol. The molecule has 0 aliphatic rings. The smallest absolute Gasteiger partial charge is 0.265 e. The van der Waals surface area contributed by atoms with Gasteiger partial charge in [-0.15, -0.1) is 0 Å². The molecule has 0 radical (unpaired) electrons. The maximum Gasteiger partial charge on any atom is 0.265 e. The lowest BCUT2D eigenvalue weighted by Gasteiger charge is -2.23. The predicted octanol–water partition coefficient (Wildman–Crippen LogP) is 8.11. The van der Waals surface area contributed by atoms with Crippen molar-refractivity contribution in [1.82, 2.24) is 0 Å². The third kappa shape index (κ3) is 7.75. The molecule has 3 aromatic carbocycles. The molecule has 1 amide bonds. The van der Waals surface area contributed by atoms with Crippen molar-refractivity contribution >= 4 is 17.3 Å². The van der Waals surface area contributed by atoms with Crippen LogP contribution in [-0.2, 0) is 4.79 Å². The summed E-state index contributed by atoms with van der Waals surface area (Å²) in [5.74, 6) is 1.14. The monoisotopic (exact) mass is 504 g/mol. The number of benzene rings is 3. The summed E-state index contributed by atoms with van der Waals surface area (Å²) in [6.45, 7) is 22.0. The Morgan fingerprint density at radius 2 is 1.14 bits per heavy atom. The second kappa shape index (κ2) is 13.2. The normalized spacial score (nSPS) is 12.1. The van der Waals surface area contributed by atoms with Gasteiger partial charge in [0, 0.05) is 16.9 Å². The van der Waals surface area contributed by atoms with E-state index in [4.69, 9.17) is 9.47 Å². The SMILES string of the molecule is CC.Cc1cc(C)c(NC(=O)C(C)Oc2cccc(O[C@H](C)Nc3c(C)cc(C)cc3C)c2C)c(C)c1. The highest BCUT2D eigenvalue weighted by atomic mass is 16.5. The van der Waals surface area contributed by atoms with Crippen LogP contribution >= 0.6 is 0 Å². The molecule has 0 aliphatic carbocycles. The topological polar surface area (TPSA) is 59.6 Å². The number of hydrogen-bond donors (Lipinski definition) is 2. The first-order chi connectivity index (χ1) is 17.5. The van der Waals surface area contributed by atoms with Crippen molar-refractivity contribution in [3.63, 3.8) is 0 Å². The quantitative estimate of drug-likeness (QED) is 0.304. The van der Waals surface area contributed by atoms with Crippen LogP contribution in [0.5, 0.6) is 11.5 Å². The number of anilines is 2. The Labute approximate surface area is 223 Å². The maximum absolute atomic E-state index is 12.9. The first-order valence-corrected chi connectivity index (χ1v) is 13.1. The van der Waals surface area contributed by atoms with Gasteiger partial charge in [-0.1, -0.05) is 55.3 Å². The van der Waals surface area contributed by atoms with E-state index in [2.05, 4.69) is 62.6 Å². The summed E-state index contributed by atoms with van der Waals surface area (Å²) in [5.41, 5.74) is 9.63. The average molecular weight is 505 g/mol. The Morgan fingerprint density at radius 3 is 1.62 bits per heavy atom. The summed E-state index contributed by atoms with van der Waals surface area (Å²) in [4.78, 5) is 12.9. The second-order valence-corrected chi connectivity index (χ2v) is 9.58. The summed E-state index contributed by atoms with van der Waals surface area (Å²) in [6, 6.07) is 14.1. The number of carbonyl (C=O) groups is 1. The molecule has 0 saturated carbocycles. The Balaban J connectivity index is 0.00000235. The summed E-state index contributed by atoms with van der Waals surface area (Å²) in [7, 11) is 0. The molecule has 5 nitrogen and oxygen atoms in total. The number of amides is 1. The van der Waals surface area contributed by atoms with Crippen molar-refractivity contribution in [3.8, 4) is 11.5 Å². The van der Waals surface area contributed by atoms with Gasteiger partial charge in [0.05, 0.1) is 0 Å². The van der Waals surface area contributed by atoms with Crippen LogP contribution in [0, 0.1) is 48.5 Å². The van der Waals surface area contributed by atoms with E-state index in [9.17, 15) is 4.79 Å². The van der Waals surface area contributed by atoms with Gasteiger partial charge in [0.1, 0.15) is 11.5 Å². The molecule has 37 heavy (non-hydrogen) atoms. The van der Waals surface area contributed by atoms with Crippen molar-refractivity contribution in [2.24, 2.45) is 0 Å². The van der Waals surface area contributed by atoms with Crippen LogP contribution in [0.15, 0.2) is 42.5 Å². The number of carbonyl (C=O) groups excluding carboxylic acids is 1. The first kappa shape index (κ1) is 29.8. The Morgan fingerprint density at radius 1 is 0.703 bits per heavy atom. The van der Waals surface area contributed by atoms with E-state index in [0.29, 0.717) is 11.5 Å². The van der Waals surface area contributed by atoms with Gasteiger partial charge >= 0.3 is 0 Å². The van der Waals surface area contributed by atoms with Crippen molar-refractivity contribution in [2.75, 3.05) is 10.6 Å². The van der Waals surface area contributed by atoms with Gasteiger partial charge in [-0.05, 0) is 96.7 Å². The fourth-order valence-electron chi connectivity index (χ4n) is 4.53. The van der Waals surface area contributed by atoms with Gasteiger partial charge in [0.2, 0.25) is 0 Å². The van der Waals surface area contributed by atoms with Crippen LogP contribution in [0.4, 0.5) is 11.4 Å². The highest BCUT2D eigenvalue weighted by Crippen LogP contribution is 2.30. The predicted molar refractivity (Wildman–Crippen MR) is 156 cm³/mol. The van der Waals surface area contributed by atoms with E-state index in [1.54, 1.807) is 6.92 Å². The minimum atomic E-state index is -0.669. The van der Waals surface area contributed by atoms with Crippen LogP contribution in [0.2, 0.25) is 0 Å². The van der Waals surface area contributed by atoms with Gasteiger partial charge in [-0.3, -0.25) is 4.79 Å². The molecule has 0 saturated heterocycles. The summed E-state index contributed by atoms with van der Waals surface area (Å²) in [5, 5.41) is 6.50. The largest absolute Gasteiger partial charge is 0.480 e. The van der Waals surface area contributed by atoms with Gasteiger partial charge < -0.3 is 20.1 Å². The van der Waals surface area contributed by atoms with Crippen LogP contribution in [0.3, 0.4) is 0 Å². The van der Waals surface area contributed by atoms with E-state index in [0.717, 1.165) is 28.1 Å². The van der Waals surface area contributed by atoms with E-state index in [1.807, 2.05) is 59.7 Å². The summed E-state index contributed by atoms with van der Waals surface area (Å²) >= 11 is 0. The standard InChI is InChI=1S/C30H38N2O3.C2H6/c1-17-13-19(3)28(20(4)14-17)31-25(9)35-27-12-10-11-26(23(27)7)34-24(8)30(33)32-29-21(5)15-18(2)16-22(29)6;1-2/h10-16,24-25,31H,1-9H3,(H,32,33);1-2H3/t24?,25-;/m1./s1. The minimum Gasteiger partial charge on any atom is -0.480 e. The molecule has 3 rings (SSSR count). The number of nitrogens with one attached hydrogen (secondary N) is 2. The van der Waals surface area contributed by atoms with Crippen LogP contribution in [0.1, 0.15) is 66.6 Å². The van der Waals surface area contributed by atoms with Crippen LogP contribution < -0.4 is 20.1 Å². The van der Waals surface area contributed by atoms with E-state index < -0.39 is 6.10 Å². The third-order valence-corrected chi connectivity index (χ3v) is 6.16. The highest BCUT2D eigenvalue weighted by Gasteiger charge is 2.19. The Bertz CT molecular complexity index is 1190. The van der Waals surface area contributed by atoms with E-state index >= 15 is 0 Å². The van der Waals surface area contributed by atoms with E-state index in [1.165, 1.54) is 22.3 Å². The third-order valence-electron chi connectivity index (χ3n) is 6.16. The number of ether oxygens (including phenoxy) is 2. The highest BCUT2D eigenvalue weighted by molar-refractivity contribution is 5.95. The molecular formula is C32H44N2O3. The number of rotatable bonds is 8. The molecule has 0 bridgehead atoms. The molecule has 2 atom stereocenters. The number of hydrogen-bond acceptors (Lipinski definition) is 4. The van der Waals surface area contributed by atoms with Crippen molar-refractivity contribution in [3.05, 3.63) is 81.4 Å². The van der Waals surface area contributed by atoms with Crippen LogP contribution in [0.25, 0.3) is 0 Å². The van der Waals surface area contributed by atoms with Gasteiger partial charge in [-0.2, -0.15) is 0 Å². The van der Waals surface area contributed by atoms with Gasteiger partial charge in [0.25, 0.3) is 5.91 Å². The fraction of sp³-hybridized carbons (Fsp3) is 0.406. The first-order valence-electron chi connectivity index (χ1n) is 13.1. The zero-order chi connectivity index (χ0) is 27.9. The molecule has 3 aromatic rings. The molecule has 0 aromatic heterocycles. The molecule has 0 heterocycles. The summed E-state index contributed by atoms with van der Waals surface area (Å²) < 4.78 is 12.3. The Kier molecular flexibility index (Phi) is 10.6. The molecule has 0 spiro atoms. The fourth-order valence-corrected chi connectivity index (χ4v) is 4.53. The maximum atomic E-state index is 12.9. The van der Waals surface area contributed by atoms with Gasteiger partial charge in [0.15, 0.2) is 12.3 Å². The second-order valence-electron chi connectivity index (χ2n) is 9.58. The molecule has 0 aliphatic heterocycles. The lowest BCUT2D eigenvalue weighted by atomic mass is 10.0. The van der Waals surface area contributed by atoms with Crippen LogP contribution in [-0.4, -0.2) is 18.2 Å². The molecule has 200 valence electrons. The lowest BCUT2D eigenvalue weighted by Crippen LogP contribution is -2.31. The van der Waals surface area contributed by atoms with Crippen molar-refractivity contribution in [2.45, 2.75) is 88.5 Å². The van der Waals surface area contributed by atoms with Gasteiger partial charge in [-0.25, -0.2) is 0 Å². The molecule has 2 N–H and O–H groups in total. The zero-order valence-electron chi connectivity index (χ0n) is 24.4. The lowest BCUT2D eigenvalue weighted by molar-refractivity contribution is -0.122. The summed E-state index contributed by atoms with van der Waals surface area (Å²) in [6.07, 6.45) is -0.922. The molecule has 1 unspecified atom stereocenters. The molecule has 5 heteroatoms. The zero-order valence-corrected chi connectivity index (χ0v) is 24.4. The number of aryl methyl sites for hydroxylation is 6. The average Bonchev–Trinajstić information content (AvgIpc) is 2.82. The van der Waals surface area contributed by atoms with Crippen molar-refractivity contribution in [1.29, 1.82) is 0 Å². The van der Waals surface area contributed by atoms with E-state index in [-0.39, 0.29) is 12.1 Å². The Hall–Kier alpha value is -3.47.